The lowest BCUT2D eigenvalue weighted by Gasteiger charge is -2.31. The average molecular weight is 317 g/mol. The van der Waals surface area contributed by atoms with Gasteiger partial charge in [-0.3, -0.25) is 4.79 Å². The van der Waals surface area contributed by atoms with Crippen LogP contribution in [0.25, 0.3) is 0 Å². The molecule has 1 aliphatic heterocycles. The monoisotopic (exact) mass is 317 g/mol. The zero-order valence-corrected chi connectivity index (χ0v) is 13.9. The quantitative estimate of drug-likeness (QED) is 0.922. The molecule has 3 rings (SSSR count). The Kier molecular flexibility index (Phi) is 5.05. The number of likely N-dealkylation sites (tertiary alicyclic amines) is 1. The van der Waals surface area contributed by atoms with E-state index in [1.54, 1.807) is 17.4 Å². The Morgan fingerprint density at radius 1 is 1.36 bits per heavy atom. The predicted octanol–water partition coefficient (Wildman–Crippen LogP) is 2.64. The molecular formula is C17H23N3OS. The molecule has 0 unspecified atom stereocenters. The van der Waals surface area contributed by atoms with E-state index in [1.165, 1.54) is 37.2 Å². The molecule has 4 nitrogen and oxygen atoms in total. The molecule has 1 aliphatic rings. The standard InChI is InChI=1S/C17H23N3OS/c1-13-19-16(12-22-13)6-9-20-7-4-14(5-8-20)10-15-2-3-17(21)18-11-15/h2-3,11-12,14H,4-10H2,1H3,(H,18,21). The highest BCUT2D eigenvalue weighted by molar-refractivity contribution is 7.09. The van der Waals surface area contributed by atoms with E-state index in [1.807, 2.05) is 12.3 Å². The van der Waals surface area contributed by atoms with Crippen LogP contribution in [0.15, 0.2) is 28.5 Å². The highest BCUT2D eigenvalue weighted by Crippen LogP contribution is 2.21. The molecule has 1 N–H and O–H groups in total. The first-order valence-corrected chi connectivity index (χ1v) is 8.88. The summed E-state index contributed by atoms with van der Waals surface area (Å²) in [5, 5.41) is 3.34. The van der Waals surface area contributed by atoms with Crippen molar-refractivity contribution >= 4 is 11.3 Å². The SMILES string of the molecule is Cc1nc(CCN2CCC(Cc3ccc(=O)[nH]c3)CC2)cs1. The Hall–Kier alpha value is -1.46. The Morgan fingerprint density at radius 3 is 2.82 bits per heavy atom. The first-order valence-electron chi connectivity index (χ1n) is 8.00. The normalized spacial score (nSPS) is 17.0. The van der Waals surface area contributed by atoms with Gasteiger partial charge in [-0.05, 0) is 50.8 Å². The first kappa shape index (κ1) is 15.4. The van der Waals surface area contributed by atoms with Gasteiger partial charge in [0.15, 0.2) is 0 Å². The number of rotatable bonds is 5. The lowest BCUT2D eigenvalue weighted by molar-refractivity contribution is 0.185. The molecule has 118 valence electrons. The second kappa shape index (κ2) is 7.20. The lowest BCUT2D eigenvalue weighted by Crippen LogP contribution is -2.35. The van der Waals surface area contributed by atoms with E-state index in [2.05, 4.69) is 27.2 Å². The van der Waals surface area contributed by atoms with Crippen LogP contribution in [0, 0.1) is 12.8 Å². The molecule has 2 aromatic rings. The summed E-state index contributed by atoms with van der Waals surface area (Å²) in [5.41, 5.74) is 2.46. The lowest BCUT2D eigenvalue weighted by atomic mass is 9.90. The number of nitrogens with one attached hydrogen (secondary N) is 1. The molecule has 0 aliphatic carbocycles. The zero-order valence-electron chi connectivity index (χ0n) is 13.0. The zero-order chi connectivity index (χ0) is 15.4. The van der Waals surface area contributed by atoms with Gasteiger partial charge >= 0.3 is 0 Å². The molecule has 0 amide bonds. The molecule has 0 saturated carbocycles. The van der Waals surface area contributed by atoms with E-state index < -0.39 is 0 Å². The molecule has 1 saturated heterocycles. The van der Waals surface area contributed by atoms with Crippen LogP contribution in [0.2, 0.25) is 0 Å². The number of thiazole rings is 1. The smallest absolute Gasteiger partial charge is 0.247 e. The molecular weight excluding hydrogens is 294 g/mol. The van der Waals surface area contributed by atoms with Crippen molar-refractivity contribution in [2.45, 2.75) is 32.6 Å². The van der Waals surface area contributed by atoms with Crippen molar-refractivity contribution < 1.29 is 0 Å². The summed E-state index contributed by atoms with van der Waals surface area (Å²) in [6.45, 7) is 5.54. The van der Waals surface area contributed by atoms with Gasteiger partial charge in [-0.2, -0.15) is 0 Å². The molecule has 0 aromatic carbocycles. The number of aryl methyl sites for hydroxylation is 1. The highest BCUT2D eigenvalue weighted by atomic mass is 32.1. The van der Waals surface area contributed by atoms with E-state index in [0.717, 1.165) is 30.3 Å². The van der Waals surface area contributed by atoms with Crippen molar-refractivity contribution in [1.29, 1.82) is 0 Å². The number of hydrogen-bond donors (Lipinski definition) is 1. The van der Waals surface area contributed by atoms with Gasteiger partial charge < -0.3 is 9.88 Å². The Morgan fingerprint density at radius 2 is 2.18 bits per heavy atom. The molecule has 22 heavy (non-hydrogen) atoms. The predicted molar refractivity (Wildman–Crippen MR) is 90.5 cm³/mol. The highest BCUT2D eigenvalue weighted by Gasteiger charge is 2.19. The van der Waals surface area contributed by atoms with Crippen LogP contribution < -0.4 is 5.56 Å². The molecule has 0 atom stereocenters. The van der Waals surface area contributed by atoms with Gasteiger partial charge in [-0.25, -0.2) is 4.98 Å². The van der Waals surface area contributed by atoms with Crippen molar-refractivity contribution in [3.8, 4) is 0 Å². The van der Waals surface area contributed by atoms with Crippen LogP contribution in [0.5, 0.6) is 0 Å². The van der Waals surface area contributed by atoms with Crippen LogP contribution >= 0.6 is 11.3 Å². The Labute approximate surface area is 135 Å². The second-order valence-corrected chi connectivity index (χ2v) is 7.22. The number of pyridine rings is 1. The number of hydrogen-bond acceptors (Lipinski definition) is 4. The van der Waals surface area contributed by atoms with E-state index in [4.69, 9.17) is 0 Å². The summed E-state index contributed by atoms with van der Waals surface area (Å²) in [6.07, 6.45) is 6.49. The maximum Gasteiger partial charge on any atom is 0.247 e. The van der Waals surface area contributed by atoms with Gasteiger partial charge in [0.2, 0.25) is 5.56 Å². The topological polar surface area (TPSA) is 49.0 Å². The van der Waals surface area contributed by atoms with E-state index in [9.17, 15) is 4.79 Å². The van der Waals surface area contributed by atoms with Crippen molar-refractivity contribution in [2.75, 3.05) is 19.6 Å². The average Bonchev–Trinajstić information content (AvgIpc) is 2.94. The molecule has 5 heteroatoms. The molecule has 0 spiro atoms. The Balaban J connectivity index is 1.42. The van der Waals surface area contributed by atoms with Crippen LogP contribution in [-0.4, -0.2) is 34.5 Å². The maximum atomic E-state index is 11.1. The van der Waals surface area contributed by atoms with Gasteiger partial charge in [-0.1, -0.05) is 6.07 Å². The molecule has 2 aromatic heterocycles. The van der Waals surface area contributed by atoms with Crippen molar-refractivity contribution in [3.05, 3.63) is 50.3 Å². The second-order valence-electron chi connectivity index (χ2n) is 6.16. The fourth-order valence-electron chi connectivity index (χ4n) is 3.11. The maximum absolute atomic E-state index is 11.1. The minimum absolute atomic E-state index is 0.0177. The third-order valence-electron chi connectivity index (χ3n) is 4.43. The van der Waals surface area contributed by atoms with Crippen molar-refractivity contribution in [2.24, 2.45) is 5.92 Å². The summed E-state index contributed by atoms with van der Waals surface area (Å²) in [7, 11) is 0. The van der Waals surface area contributed by atoms with Crippen LogP contribution in [0.3, 0.4) is 0 Å². The number of aromatic nitrogens is 2. The van der Waals surface area contributed by atoms with E-state index in [-0.39, 0.29) is 5.56 Å². The summed E-state index contributed by atoms with van der Waals surface area (Å²) < 4.78 is 0. The number of aromatic amines is 1. The molecule has 0 bridgehead atoms. The minimum Gasteiger partial charge on any atom is -0.329 e. The molecule has 1 fully saturated rings. The number of H-pyrrole nitrogens is 1. The largest absolute Gasteiger partial charge is 0.329 e. The van der Waals surface area contributed by atoms with Gasteiger partial charge in [0.05, 0.1) is 10.7 Å². The van der Waals surface area contributed by atoms with Crippen LogP contribution in [0.1, 0.15) is 29.1 Å². The van der Waals surface area contributed by atoms with Crippen molar-refractivity contribution in [1.82, 2.24) is 14.9 Å². The van der Waals surface area contributed by atoms with E-state index in [0.29, 0.717) is 0 Å². The molecule has 3 heterocycles. The third-order valence-corrected chi connectivity index (χ3v) is 5.25. The van der Waals surface area contributed by atoms with E-state index >= 15 is 0 Å². The van der Waals surface area contributed by atoms with Gasteiger partial charge in [0.1, 0.15) is 0 Å². The fraction of sp³-hybridized carbons (Fsp3) is 0.529. The Bertz CT molecular complexity index is 635. The first-order chi connectivity index (χ1) is 10.7. The van der Waals surface area contributed by atoms with Gasteiger partial charge in [-0.15, -0.1) is 11.3 Å². The minimum atomic E-state index is -0.0177. The molecule has 0 radical (unpaired) electrons. The fourth-order valence-corrected chi connectivity index (χ4v) is 3.76. The summed E-state index contributed by atoms with van der Waals surface area (Å²) in [4.78, 5) is 20.9. The van der Waals surface area contributed by atoms with Gasteiger partial charge in [0.25, 0.3) is 0 Å². The van der Waals surface area contributed by atoms with Crippen LogP contribution in [-0.2, 0) is 12.8 Å². The van der Waals surface area contributed by atoms with Crippen LogP contribution in [0.4, 0.5) is 0 Å². The number of nitrogens with zero attached hydrogens (tertiary/aromatic N) is 2. The summed E-state index contributed by atoms with van der Waals surface area (Å²) >= 11 is 1.74. The van der Waals surface area contributed by atoms with Gasteiger partial charge in [0, 0.05) is 30.6 Å². The summed E-state index contributed by atoms with van der Waals surface area (Å²) in [5.74, 6) is 0.740. The third kappa shape index (κ3) is 4.27. The number of piperidine rings is 1. The van der Waals surface area contributed by atoms with Crippen molar-refractivity contribution in [3.63, 3.8) is 0 Å². The summed E-state index contributed by atoms with van der Waals surface area (Å²) in [6, 6.07) is 3.58.